The minimum Gasteiger partial charge on any atom is -0.466 e. The summed E-state index contributed by atoms with van der Waals surface area (Å²) in [6.45, 7) is 5.25. The minimum absolute atomic E-state index is 0.0654. The highest BCUT2D eigenvalue weighted by Crippen LogP contribution is 2.14. The highest BCUT2D eigenvalue weighted by molar-refractivity contribution is 6.00. The van der Waals surface area contributed by atoms with Crippen molar-refractivity contribution in [3.63, 3.8) is 0 Å². The molecule has 0 aliphatic carbocycles. The van der Waals surface area contributed by atoms with Gasteiger partial charge in [-0.15, -0.1) is 0 Å². The van der Waals surface area contributed by atoms with E-state index in [2.05, 4.69) is 0 Å². The number of ketones is 1. The zero-order valence-electron chi connectivity index (χ0n) is 7.55. The van der Waals surface area contributed by atoms with Crippen LogP contribution in [0.2, 0.25) is 0 Å². The normalized spacial score (nSPS) is 13.0. The highest BCUT2D eigenvalue weighted by Gasteiger charge is 2.16. The van der Waals surface area contributed by atoms with E-state index in [0.29, 0.717) is 11.3 Å². The number of hydrogen-bond donors (Lipinski definition) is 1. The van der Waals surface area contributed by atoms with Gasteiger partial charge in [-0.05, 0) is 26.8 Å². The van der Waals surface area contributed by atoms with E-state index in [1.807, 2.05) is 6.92 Å². The van der Waals surface area contributed by atoms with Gasteiger partial charge in [0.25, 0.3) is 0 Å². The van der Waals surface area contributed by atoms with Crippen LogP contribution in [0.15, 0.2) is 10.5 Å². The van der Waals surface area contributed by atoms with E-state index >= 15 is 0 Å². The number of Topliss-reactive ketones (excluding diaryl/α,β-unsaturated/α-hetero) is 1. The molecule has 0 fully saturated rings. The first-order chi connectivity index (χ1) is 5.52. The first-order valence-electron chi connectivity index (χ1n) is 3.89. The van der Waals surface area contributed by atoms with Crippen molar-refractivity contribution in [3.05, 3.63) is 23.2 Å². The Kier molecular flexibility index (Phi) is 2.33. The van der Waals surface area contributed by atoms with Crippen molar-refractivity contribution >= 4 is 5.78 Å². The predicted octanol–water partition coefficient (Wildman–Crippen LogP) is 1.43. The highest BCUT2D eigenvalue weighted by atomic mass is 16.3. The number of carbonyl (C=O) groups is 1. The van der Waals surface area contributed by atoms with Crippen molar-refractivity contribution in [3.8, 4) is 0 Å². The molecular formula is C9H13NO2. The molecule has 0 aliphatic heterocycles. The molecule has 0 amide bonds. The number of carbonyl (C=O) groups excluding carboxylic acids is 1. The van der Waals surface area contributed by atoms with Gasteiger partial charge in [0.15, 0.2) is 5.78 Å². The van der Waals surface area contributed by atoms with E-state index in [0.717, 1.165) is 5.76 Å². The average molecular weight is 167 g/mol. The molecule has 1 aromatic heterocycles. The van der Waals surface area contributed by atoms with Crippen LogP contribution in [0.5, 0.6) is 0 Å². The number of furan rings is 1. The quantitative estimate of drug-likeness (QED) is 0.678. The predicted molar refractivity (Wildman–Crippen MR) is 46.2 cm³/mol. The summed E-state index contributed by atoms with van der Waals surface area (Å²) in [6.07, 6.45) is 0. The van der Waals surface area contributed by atoms with Crippen LogP contribution in [0.3, 0.4) is 0 Å². The lowest BCUT2D eigenvalue weighted by Gasteiger charge is -2.00. The van der Waals surface area contributed by atoms with Crippen LogP contribution in [0.4, 0.5) is 0 Å². The molecule has 1 rings (SSSR count). The van der Waals surface area contributed by atoms with Gasteiger partial charge in [0.2, 0.25) is 0 Å². The van der Waals surface area contributed by atoms with E-state index < -0.39 is 6.04 Å². The summed E-state index contributed by atoms with van der Waals surface area (Å²) in [5, 5.41) is 0. The first kappa shape index (κ1) is 9.00. The second-order valence-electron chi connectivity index (χ2n) is 2.98. The van der Waals surface area contributed by atoms with Crippen LogP contribution in [-0.2, 0) is 0 Å². The van der Waals surface area contributed by atoms with Crippen LogP contribution < -0.4 is 5.73 Å². The van der Waals surface area contributed by atoms with E-state index in [1.165, 1.54) is 0 Å². The summed E-state index contributed by atoms with van der Waals surface area (Å²) in [6, 6.07) is 1.27. The lowest BCUT2D eigenvalue weighted by Crippen LogP contribution is -2.26. The number of aryl methyl sites for hydroxylation is 2. The molecule has 12 heavy (non-hydrogen) atoms. The average Bonchev–Trinajstić information content (AvgIpc) is 2.28. The molecule has 0 aromatic carbocycles. The second-order valence-corrected chi connectivity index (χ2v) is 2.98. The maximum Gasteiger partial charge on any atom is 0.182 e. The summed E-state index contributed by atoms with van der Waals surface area (Å²) in [5.74, 6) is 1.33. The van der Waals surface area contributed by atoms with Crippen LogP contribution >= 0.6 is 0 Å². The van der Waals surface area contributed by atoms with Crippen molar-refractivity contribution in [1.29, 1.82) is 0 Å². The molecule has 0 bridgehead atoms. The Balaban J connectivity index is 3.02. The van der Waals surface area contributed by atoms with E-state index in [9.17, 15) is 4.79 Å². The SMILES string of the molecule is Cc1cc(C(=O)C(C)N)c(C)o1. The van der Waals surface area contributed by atoms with E-state index in [-0.39, 0.29) is 5.78 Å². The van der Waals surface area contributed by atoms with Crippen molar-refractivity contribution in [1.82, 2.24) is 0 Å². The van der Waals surface area contributed by atoms with Gasteiger partial charge in [-0.3, -0.25) is 4.79 Å². The van der Waals surface area contributed by atoms with Gasteiger partial charge in [-0.2, -0.15) is 0 Å². The number of hydrogen-bond acceptors (Lipinski definition) is 3. The Bertz CT molecular complexity index is 299. The Hall–Kier alpha value is -1.09. The molecule has 0 aliphatic rings. The molecule has 1 unspecified atom stereocenters. The summed E-state index contributed by atoms with van der Waals surface area (Å²) >= 11 is 0. The molecule has 0 saturated heterocycles. The van der Waals surface area contributed by atoms with Crippen molar-refractivity contribution in [2.24, 2.45) is 5.73 Å². The van der Waals surface area contributed by atoms with Crippen LogP contribution in [0.25, 0.3) is 0 Å². The van der Waals surface area contributed by atoms with Gasteiger partial charge in [-0.1, -0.05) is 0 Å². The lowest BCUT2D eigenvalue weighted by atomic mass is 10.1. The fourth-order valence-electron chi connectivity index (χ4n) is 1.12. The van der Waals surface area contributed by atoms with Crippen LogP contribution in [0.1, 0.15) is 28.8 Å². The molecule has 1 heterocycles. The topological polar surface area (TPSA) is 56.2 Å². The molecule has 0 saturated carbocycles. The molecule has 3 heteroatoms. The summed E-state index contributed by atoms with van der Waals surface area (Å²) in [4.78, 5) is 11.4. The van der Waals surface area contributed by atoms with Gasteiger partial charge < -0.3 is 10.2 Å². The van der Waals surface area contributed by atoms with Gasteiger partial charge in [0.1, 0.15) is 11.5 Å². The van der Waals surface area contributed by atoms with E-state index in [1.54, 1.807) is 19.9 Å². The third kappa shape index (κ3) is 1.56. The Labute approximate surface area is 71.6 Å². The minimum atomic E-state index is -0.458. The van der Waals surface area contributed by atoms with Crippen LogP contribution in [0, 0.1) is 13.8 Å². The van der Waals surface area contributed by atoms with Crippen molar-refractivity contribution in [2.75, 3.05) is 0 Å². The second kappa shape index (κ2) is 3.11. The molecule has 0 spiro atoms. The summed E-state index contributed by atoms with van der Waals surface area (Å²) < 4.78 is 5.21. The van der Waals surface area contributed by atoms with Crippen molar-refractivity contribution in [2.45, 2.75) is 26.8 Å². The fraction of sp³-hybridized carbons (Fsp3) is 0.444. The summed E-state index contributed by atoms with van der Waals surface area (Å²) in [5.41, 5.74) is 6.05. The van der Waals surface area contributed by atoms with Gasteiger partial charge in [-0.25, -0.2) is 0 Å². The third-order valence-electron chi connectivity index (χ3n) is 1.72. The molecule has 1 atom stereocenters. The van der Waals surface area contributed by atoms with Gasteiger partial charge in [0.05, 0.1) is 11.6 Å². The first-order valence-corrected chi connectivity index (χ1v) is 3.89. The van der Waals surface area contributed by atoms with Crippen molar-refractivity contribution < 1.29 is 9.21 Å². The van der Waals surface area contributed by atoms with E-state index in [4.69, 9.17) is 10.2 Å². The third-order valence-corrected chi connectivity index (χ3v) is 1.72. The zero-order valence-corrected chi connectivity index (χ0v) is 7.55. The molecule has 66 valence electrons. The Morgan fingerprint density at radius 1 is 1.58 bits per heavy atom. The Morgan fingerprint density at radius 2 is 2.17 bits per heavy atom. The smallest absolute Gasteiger partial charge is 0.182 e. The molecule has 1 aromatic rings. The van der Waals surface area contributed by atoms with Gasteiger partial charge >= 0.3 is 0 Å². The largest absolute Gasteiger partial charge is 0.466 e. The van der Waals surface area contributed by atoms with Crippen LogP contribution in [-0.4, -0.2) is 11.8 Å². The maximum absolute atomic E-state index is 11.4. The number of rotatable bonds is 2. The monoisotopic (exact) mass is 167 g/mol. The van der Waals surface area contributed by atoms with Gasteiger partial charge in [0, 0.05) is 0 Å². The standard InChI is InChI=1S/C9H13NO2/c1-5-4-8(7(3)12-5)9(11)6(2)10/h4,6H,10H2,1-3H3. The number of nitrogens with two attached hydrogens (primary N) is 1. The molecule has 2 N–H and O–H groups in total. The Morgan fingerprint density at radius 3 is 2.50 bits per heavy atom. The fourth-order valence-corrected chi connectivity index (χ4v) is 1.12. The molecular weight excluding hydrogens is 154 g/mol. The summed E-state index contributed by atoms with van der Waals surface area (Å²) in [7, 11) is 0. The molecule has 0 radical (unpaired) electrons. The maximum atomic E-state index is 11.4. The molecule has 3 nitrogen and oxygen atoms in total. The lowest BCUT2D eigenvalue weighted by molar-refractivity contribution is 0.0966. The zero-order chi connectivity index (χ0) is 9.30.